The van der Waals surface area contributed by atoms with Crippen LogP contribution in [0.2, 0.25) is 0 Å². The number of carbonyl (C=O) groups is 1. The van der Waals surface area contributed by atoms with Gasteiger partial charge in [-0.3, -0.25) is 9.69 Å². The number of hydrogen-bond acceptors (Lipinski definition) is 4. The topological polar surface area (TPSA) is 50.6 Å². The van der Waals surface area contributed by atoms with Crippen molar-refractivity contribution in [2.24, 2.45) is 5.41 Å². The summed E-state index contributed by atoms with van der Waals surface area (Å²) in [5.41, 5.74) is 4.57. The summed E-state index contributed by atoms with van der Waals surface area (Å²) in [7, 11) is 1.69. The lowest BCUT2D eigenvalue weighted by Gasteiger charge is -2.28. The third kappa shape index (κ3) is 4.28. The molecule has 0 bridgehead atoms. The predicted octanol–water partition coefficient (Wildman–Crippen LogP) is 3.55. The highest BCUT2D eigenvalue weighted by molar-refractivity contribution is 5.86. The van der Waals surface area contributed by atoms with E-state index in [0.717, 1.165) is 38.3 Å². The van der Waals surface area contributed by atoms with Gasteiger partial charge in [0.1, 0.15) is 0 Å². The molecule has 0 saturated carbocycles. The van der Waals surface area contributed by atoms with Crippen molar-refractivity contribution in [2.75, 3.05) is 39.9 Å². The lowest BCUT2D eigenvalue weighted by atomic mass is 9.75. The van der Waals surface area contributed by atoms with Gasteiger partial charge in [0.25, 0.3) is 0 Å². The van der Waals surface area contributed by atoms with Gasteiger partial charge < -0.3 is 14.2 Å². The number of hydrogen-bond donors (Lipinski definition) is 0. The van der Waals surface area contributed by atoms with Crippen LogP contribution in [0.25, 0.3) is 0 Å². The molecule has 2 saturated heterocycles. The van der Waals surface area contributed by atoms with Crippen LogP contribution in [0, 0.1) is 19.3 Å². The monoisotopic (exact) mass is 424 g/mol. The van der Waals surface area contributed by atoms with Crippen LogP contribution in [0.4, 0.5) is 0 Å². The largest absolute Gasteiger partial charge is 0.383 e. The second-order valence-electron chi connectivity index (χ2n) is 9.75. The molecule has 1 amide bonds. The number of rotatable bonds is 7. The van der Waals surface area contributed by atoms with Crippen molar-refractivity contribution in [3.63, 3.8) is 0 Å². The summed E-state index contributed by atoms with van der Waals surface area (Å²) >= 11 is 0. The maximum atomic E-state index is 13.7. The standard InChI is InChI=1S/C25H36N4O2/c1-18(2)29-15-23(26-17-29)22-14-27(13-21-11-19(3)10-20(4)12-21)16-25(22)6-7-28(24(25)30)8-9-31-5/h10-12,15,17-18,22H,6-9,13-14,16H2,1-5H3/t22-,25-/m1/s1. The van der Waals surface area contributed by atoms with E-state index in [-0.39, 0.29) is 17.2 Å². The van der Waals surface area contributed by atoms with E-state index < -0.39 is 0 Å². The lowest BCUT2D eigenvalue weighted by molar-refractivity contribution is -0.136. The number of benzene rings is 1. The highest BCUT2D eigenvalue weighted by Gasteiger charge is 2.57. The number of ether oxygens (including phenoxy) is 1. The number of amides is 1. The smallest absolute Gasteiger partial charge is 0.230 e. The number of imidazole rings is 1. The molecule has 3 heterocycles. The number of likely N-dealkylation sites (tertiary alicyclic amines) is 2. The molecular weight excluding hydrogens is 388 g/mol. The fourth-order valence-electron chi connectivity index (χ4n) is 5.48. The molecule has 1 aromatic heterocycles. The number of aromatic nitrogens is 2. The van der Waals surface area contributed by atoms with Gasteiger partial charge in [-0.1, -0.05) is 29.3 Å². The second kappa shape index (κ2) is 8.75. The Morgan fingerprint density at radius 2 is 1.97 bits per heavy atom. The zero-order valence-electron chi connectivity index (χ0n) is 19.6. The van der Waals surface area contributed by atoms with E-state index in [9.17, 15) is 4.79 Å². The van der Waals surface area contributed by atoms with E-state index in [0.29, 0.717) is 19.2 Å². The molecular formula is C25H36N4O2. The van der Waals surface area contributed by atoms with Crippen LogP contribution >= 0.6 is 0 Å². The third-order valence-electron chi connectivity index (χ3n) is 6.98. The average Bonchev–Trinajstić information content (AvgIpc) is 3.39. The van der Waals surface area contributed by atoms with Crippen molar-refractivity contribution in [3.05, 3.63) is 53.1 Å². The van der Waals surface area contributed by atoms with Gasteiger partial charge in [-0.15, -0.1) is 0 Å². The van der Waals surface area contributed by atoms with Crippen LogP contribution in [0.15, 0.2) is 30.7 Å². The summed E-state index contributed by atoms with van der Waals surface area (Å²) in [6, 6.07) is 7.11. The first-order chi connectivity index (χ1) is 14.8. The second-order valence-corrected chi connectivity index (χ2v) is 9.75. The molecule has 2 aromatic rings. The Morgan fingerprint density at radius 1 is 1.23 bits per heavy atom. The Labute approximate surface area is 186 Å². The van der Waals surface area contributed by atoms with E-state index >= 15 is 0 Å². The van der Waals surface area contributed by atoms with Crippen LogP contribution in [0.1, 0.15) is 54.6 Å². The van der Waals surface area contributed by atoms with E-state index in [1.165, 1.54) is 16.7 Å². The summed E-state index contributed by atoms with van der Waals surface area (Å²) in [6.45, 7) is 13.2. The molecule has 1 aromatic carbocycles. The Kier molecular flexibility index (Phi) is 6.22. The maximum absolute atomic E-state index is 13.7. The molecule has 6 nitrogen and oxygen atoms in total. The fraction of sp³-hybridized carbons (Fsp3) is 0.600. The molecule has 6 heteroatoms. The summed E-state index contributed by atoms with van der Waals surface area (Å²) in [4.78, 5) is 22.9. The highest BCUT2D eigenvalue weighted by Crippen LogP contribution is 2.49. The predicted molar refractivity (Wildman–Crippen MR) is 122 cm³/mol. The van der Waals surface area contributed by atoms with Gasteiger partial charge in [0, 0.05) is 58.0 Å². The number of methoxy groups -OCH3 is 1. The molecule has 2 atom stereocenters. The highest BCUT2D eigenvalue weighted by atomic mass is 16.5. The Balaban J connectivity index is 1.62. The van der Waals surface area contributed by atoms with Crippen LogP contribution in [-0.2, 0) is 16.1 Å². The number of nitrogens with zero attached hydrogens (tertiary/aromatic N) is 4. The summed E-state index contributed by atoms with van der Waals surface area (Å²) in [6.07, 6.45) is 4.96. The molecule has 0 unspecified atom stereocenters. The Bertz CT molecular complexity index is 917. The summed E-state index contributed by atoms with van der Waals surface area (Å²) < 4.78 is 7.40. The zero-order valence-corrected chi connectivity index (χ0v) is 19.6. The third-order valence-corrected chi connectivity index (χ3v) is 6.98. The quantitative estimate of drug-likeness (QED) is 0.682. The molecule has 2 aliphatic heterocycles. The molecule has 0 N–H and O–H groups in total. The average molecular weight is 425 g/mol. The minimum atomic E-state index is -0.386. The molecule has 2 aliphatic rings. The first-order valence-electron chi connectivity index (χ1n) is 11.4. The minimum absolute atomic E-state index is 0.124. The van der Waals surface area contributed by atoms with Crippen LogP contribution < -0.4 is 0 Å². The van der Waals surface area contributed by atoms with Gasteiger partial charge in [0.05, 0.1) is 24.0 Å². The fourth-order valence-corrected chi connectivity index (χ4v) is 5.48. The summed E-state index contributed by atoms with van der Waals surface area (Å²) in [5, 5.41) is 0. The maximum Gasteiger partial charge on any atom is 0.230 e. The van der Waals surface area contributed by atoms with Gasteiger partial charge in [-0.05, 0) is 39.7 Å². The molecule has 1 spiro atoms. The van der Waals surface area contributed by atoms with Crippen molar-refractivity contribution in [1.82, 2.24) is 19.4 Å². The van der Waals surface area contributed by atoms with Gasteiger partial charge in [-0.2, -0.15) is 0 Å². The molecule has 2 fully saturated rings. The number of aryl methyl sites for hydroxylation is 2. The number of carbonyl (C=O) groups excluding carboxylic acids is 1. The molecule has 4 rings (SSSR count). The van der Waals surface area contributed by atoms with Crippen molar-refractivity contribution in [1.29, 1.82) is 0 Å². The molecule has 0 aliphatic carbocycles. The normalized spacial score (nSPS) is 24.3. The summed E-state index contributed by atoms with van der Waals surface area (Å²) in [5.74, 6) is 0.398. The molecule has 0 radical (unpaired) electrons. The van der Waals surface area contributed by atoms with Crippen molar-refractivity contribution >= 4 is 5.91 Å². The first-order valence-corrected chi connectivity index (χ1v) is 11.4. The van der Waals surface area contributed by atoms with Gasteiger partial charge in [-0.25, -0.2) is 4.98 Å². The lowest BCUT2D eigenvalue weighted by Crippen LogP contribution is -2.40. The van der Waals surface area contributed by atoms with Gasteiger partial charge >= 0.3 is 0 Å². The van der Waals surface area contributed by atoms with E-state index in [4.69, 9.17) is 9.72 Å². The van der Waals surface area contributed by atoms with E-state index in [2.05, 4.69) is 61.6 Å². The SMILES string of the molecule is COCCN1CC[C@]2(CN(Cc3cc(C)cc(C)c3)C[C@@H]2c2cn(C(C)C)cn2)C1=O. The van der Waals surface area contributed by atoms with E-state index in [1.807, 2.05) is 11.2 Å². The van der Waals surface area contributed by atoms with Gasteiger partial charge in [0.15, 0.2) is 0 Å². The van der Waals surface area contributed by atoms with Crippen molar-refractivity contribution in [3.8, 4) is 0 Å². The van der Waals surface area contributed by atoms with Crippen molar-refractivity contribution in [2.45, 2.75) is 52.6 Å². The van der Waals surface area contributed by atoms with Gasteiger partial charge in [0.2, 0.25) is 5.91 Å². The molecule has 168 valence electrons. The Morgan fingerprint density at radius 3 is 2.61 bits per heavy atom. The first kappa shape index (κ1) is 22.0. The van der Waals surface area contributed by atoms with E-state index in [1.54, 1.807) is 7.11 Å². The minimum Gasteiger partial charge on any atom is -0.383 e. The van der Waals surface area contributed by atoms with Crippen LogP contribution in [0.3, 0.4) is 0 Å². The van der Waals surface area contributed by atoms with Crippen molar-refractivity contribution < 1.29 is 9.53 Å². The molecule has 31 heavy (non-hydrogen) atoms. The zero-order chi connectivity index (χ0) is 22.2. The van der Waals surface area contributed by atoms with Crippen LogP contribution in [0.5, 0.6) is 0 Å². The van der Waals surface area contributed by atoms with Crippen LogP contribution in [-0.4, -0.2) is 65.2 Å². The Hall–Kier alpha value is -2.18.